The lowest BCUT2D eigenvalue weighted by Gasteiger charge is -2.59. The van der Waals surface area contributed by atoms with E-state index in [1.54, 1.807) is 6.92 Å². The Balaban J connectivity index is 1.17. The molecule has 64 heavy (non-hydrogen) atoms. The van der Waals surface area contributed by atoms with Crippen LogP contribution in [-0.4, -0.2) is 102 Å². The van der Waals surface area contributed by atoms with Crippen LogP contribution in [0.3, 0.4) is 0 Å². The monoisotopic (exact) mass is 866 g/mol. The first-order valence-electron chi connectivity index (χ1n) is 21.4. The SMILES string of the molecule is C=C(O)c1c(-c2ccccc2)c(O)c2c(oc3cccc(-c4c5ccccc5c(C5C(O)C6OOC7C(O)C(O)C(O)C8OOC(C5O)C6C78)c5ccccc45)c32)c1/C(C)=C(/C)CO. The Morgan fingerprint density at radius 1 is 0.578 bits per heavy atom. The molecule has 0 radical (unpaired) electrons. The number of aliphatic hydroxyl groups is 7. The molecule has 7 aromatic rings. The van der Waals surface area contributed by atoms with Crippen LogP contribution < -0.4 is 0 Å². The summed E-state index contributed by atoms with van der Waals surface area (Å²) in [5.74, 6) is -3.05. The molecule has 2 aliphatic heterocycles. The maximum atomic E-state index is 12.6. The maximum Gasteiger partial charge on any atom is 0.147 e. The van der Waals surface area contributed by atoms with Crippen LogP contribution in [-0.2, 0) is 19.6 Å². The van der Waals surface area contributed by atoms with Gasteiger partial charge in [0.05, 0.1) is 24.2 Å². The molecule has 4 aliphatic rings. The van der Waals surface area contributed by atoms with Crippen molar-refractivity contribution in [2.24, 2.45) is 11.8 Å². The first kappa shape index (κ1) is 41.1. The van der Waals surface area contributed by atoms with E-state index in [9.17, 15) is 40.9 Å². The van der Waals surface area contributed by atoms with Crippen LogP contribution in [0.15, 0.2) is 114 Å². The fraction of sp³-hybridized carbons (Fsp3) is 0.294. The van der Waals surface area contributed by atoms with Crippen LogP contribution >= 0.6 is 0 Å². The molecule has 2 aliphatic carbocycles. The van der Waals surface area contributed by atoms with E-state index in [0.29, 0.717) is 71.7 Å². The van der Waals surface area contributed by atoms with Crippen molar-refractivity contribution < 1.29 is 64.8 Å². The Kier molecular flexibility index (Phi) is 9.76. The molecule has 2 saturated carbocycles. The lowest BCUT2D eigenvalue weighted by molar-refractivity contribution is -0.518. The van der Waals surface area contributed by atoms with Gasteiger partial charge in [0.15, 0.2) is 0 Å². The lowest BCUT2D eigenvalue weighted by atomic mass is 9.60. The second-order valence-electron chi connectivity index (χ2n) is 17.6. The van der Waals surface area contributed by atoms with Gasteiger partial charge in [0.2, 0.25) is 0 Å². The topological polar surface area (TPSA) is 212 Å². The van der Waals surface area contributed by atoms with E-state index in [2.05, 4.69) is 6.58 Å². The summed E-state index contributed by atoms with van der Waals surface area (Å²) in [6.45, 7) is 7.28. The van der Waals surface area contributed by atoms with Crippen LogP contribution in [0, 0.1) is 11.8 Å². The molecule has 8 atom stereocenters. The first-order valence-corrected chi connectivity index (χ1v) is 21.4. The Morgan fingerprint density at radius 2 is 1.09 bits per heavy atom. The largest absolute Gasteiger partial charge is 0.508 e. The molecular weight excluding hydrogens is 821 g/mol. The lowest BCUT2D eigenvalue weighted by Crippen LogP contribution is -2.74. The van der Waals surface area contributed by atoms with E-state index in [0.717, 1.165) is 16.3 Å². The average Bonchev–Trinajstić information content (AvgIpc) is 3.71. The van der Waals surface area contributed by atoms with Gasteiger partial charge in [-0.3, -0.25) is 0 Å². The summed E-state index contributed by atoms with van der Waals surface area (Å²) in [4.78, 5) is 23.1. The van der Waals surface area contributed by atoms with Crippen LogP contribution in [0.4, 0.5) is 0 Å². The number of phenolic OH excluding ortho intramolecular Hbond substituents is 1. The predicted molar refractivity (Wildman–Crippen MR) is 238 cm³/mol. The molecule has 13 nitrogen and oxygen atoms in total. The van der Waals surface area contributed by atoms with Crippen LogP contribution in [0.5, 0.6) is 5.75 Å². The van der Waals surface area contributed by atoms with Crippen LogP contribution in [0.25, 0.3) is 77.1 Å². The van der Waals surface area contributed by atoms with E-state index in [4.69, 9.17) is 24.0 Å². The minimum absolute atomic E-state index is 0.134. The number of allylic oxidation sites excluding steroid dienone is 1. The van der Waals surface area contributed by atoms with Gasteiger partial charge in [0, 0.05) is 39.8 Å². The second-order valence-corrected chi connectivity index (χ2v) is 17.6. The summed E-state index contributed by atoms with van der Waals surface area (Å²) in [5.41, 5.74) is 5.82. The summed E-state index contributed by atoms with van der Waals surface area (Å²) in [5, 5.41) is 95.4. The molecule has 0 amide bonds. The maximum absolute atomic E-state index is 12.6. The molecule has 11 rings (SSSR count). The Labute approximate surface area is 365 Å². The third kappa shape index (κ3) is 5.67. The summed E-state index contributed by atoms with van der Waals surface area (Å²) in [6.07, 6.45) is -11.9. The van der Waals surface area contributed by atoms with E-state index in [-0.39, 0.29) is 23.7 Å². The quantitative estimate of drug-likeness (QED) is 0.0492. The van der Waals surface area contributed by atoms with Gasteiger partial charge in [0.1, 0.15) is 65.4 Å². The van der Waals surface area contributed by atoms with Gasteiger partial charge in [-0.25, -0.2) is 19.6 Å². The Bertz CT molecular complexity index is 2970. The highest BCUT2D eigenvalue weighted by molar-refractivity contribution is 6.25. The molecule has 4 fully saturated rings. The first-order chi connectivity index (χ1) is 30.9. The number of benzene rings is 6. The molecule has 328 valence electrons. The molecule has 2 saturated heterocycles. The van der Waals surface area contributed by atoms with Gasteiger partial charge in [-0.2, -0.15) is 0 Å². The highest BCUT2D eigenvalue weighted by atomic mass is 17.2. The summed E-state index contributed by atoms with van der Waals surface area (Å²) >= 11 is 0. The normalized spacial score (nSPS) is 30.4. The van der Waals surface area contributed by atoms with E-state index >= 15 is 0 Å². The minimum Gasteiger partial charge on any atom is -0.508 e. The second kappa shape index (κ2) is 15.2. The Hall–Kier alpha value is -5.68. The third-order valence-corrected chi connectivity index (χ3v) is 14.4. The molecule has 3 heterocycles. The van der Waals surface area contributed by atoms with Crippen molar-refractivity contribution in [3.8, 4) is 28.0 Å². The smallest absolute Gasteiger partial charge is 0.147 e. The summed E-state index contributed by atoms with van der Waals surface area (Å²) < 4.78 is 6.74. The molecule has 1 aromatic heterocycles. The molecule has 13 heteroatoms. The van der Waals surface area contributed by atoms with Gasteiger partial charge in [-0.1, -0.05) is 97.6 Å². The van der Waals surface area contributed by atoms with Gasteiger partial charge >= 0.3 is 0 Å². The molecule has 0 spiro atoms. The number of phenols is 1. The highest BCUT2D eigenvalue weighted by Crippen LogP contribution is 2.56. The fourth-order valence-corrected chi connectivity index (χ4v) is 11.4. The van der Waals surface area contributed by atoms with E-state index in [1.807, 2.05) is 104 Å². The summed E-state index contributed by atoms with van der Waals surface area (Å²) in [6, 6.07) is 30.2. The van der Waals surface area contributed by atoms with Gasteiger partial charge in [0.25, 0.3) is 0 Å². The number of hydrogen-bond donors (Lipinski definition) is 8. The standard InChI is InChI=1S/C51H46O13/c1-21(20-52)22(2)31-32(23(3)53)33(24-12-5-4-6-13-24)41(54)38-36-29(18-11-19-30(36)60-47(31)38)34-25-14-7-9-16-27(25)35(28-17-10-8-15-26(28)34)37-42(55)48-39-40-50(63-61-48)45(58)44(57)46(59)51(40)64-62-49(39)43(37)56/h4-19,37,39-40,42-46,48-59H,3,20H2,1-2H3/b22-21-. The molecule has 8 unspecified atom stereocenters. The van der Waals surface area contributed by atoms with Gasteiger partial charge in [-0.05, 0) is 74.9 Å². The third-order valence-electron chi connectivity index (χ3n) is 14.4. The van der Waals surface area contributed by atoms with Crippen molar-refractivity contribution >= 4 is 54.8 Å². The van der Waals surface area contributed by atoms with E-state index in [1.165, 1.54) is 0 Å². The van der Waals surface area contributed by atoms with Crippen molar-refractivity contribution in [3.63, 3.8) is 0 Å². The number of aromatic hydroxyl groups is 1. The molecular formula is C51H46O13. The van der Waals surface area contributed by atoms with Crippen molar-refractivity contribution in [1.29, 1.82) is 0 Å². The van der Waals surface area contributed by atoms with Gasteiger partial charge < -0.3 is 45.3 Å². The fourth-order valence-electron chi connectivity index (χ4n) is 11.4. The Morgan fingerprint density at radius 3 is 1.62 bits per heavy atom. The minimum atomic E-state index is -1.61. The van der Waals surface area contributed by atoms with E-state index < -0.39 is 72.7 Å². The van der Waals surface area contributed by atoms with Crippen molar-refractivity contribution in [3.05, 3.63) is 126 Å². The predicted octanol–water partition coefficient (Wildman–Crippen LogP) is 6.79. The molecule has 6 aromatic carbocycles. The highest BCUT2D eigenvalue weighted by Gasteiger charge is 2.67. The van der Waals surface area contributed by atoms with Crippen molar-refractivity contribution in [2.45, 2.75) is 74.7 Å². The number of fused-ring (bicyclic) bond motifs is 5. The number of rotatable bonds is 6. The number of aliphatic hydroxyl groups excluding tert-OH is 7. The number of furan rings is 1. The van der Waals surface area contributed by atoms with Gasteiger partial charge in [-0.15, -0.1) is 0 Å². The zero-order valence-corrected chi connectivity index (χ0v) is 34.7. The van der Waals surface area contributed by atoms with Crippen molar-refractivity contribution in [2.75, 3.05) is 6.61 Å². The van der Waals surface area contributed by atoms with Crippen LogP contribution in [0.2, 0.25) is 0 Å². The zero-order chi connectivity index (χ0) is 44.5. The van der Waals surface area contributed by atoms with Crippen LogP contribution in [0.1, 0.15) is 36.5 Å². The zero-order valence-electron chi connectivity index (χ0n) is 34.7. The van der Waals surface area contributed by atoms with Crippen molar-refractivity contribution in [1.82, 2.24) is 0 Å². The summed E-state index contributed by atoms with van der Waals surface area (Å²) in [7, 11) is 0. The molecule has 8 N–H and O–H groups in total. The number of hydrogen-bond acceptors (Lipinski definition) is 13. The average molecular weight is 867 g/mol. The molecule has 0 bridgehead atoms.